The van der Waals surface area contributed by atoms with Crippen molar-refractivity contribution in [1.29, 1.82) is 0 Å². The average molecular weight is 431 g/mol. The van der Waals surface area contributed by atoms with Crippen molar-refractivity contribution in [3.63, 3.8) is 0 Å². The van der Waals surface area contributed by atoms with Crippen LogP contribution in [0.5, 0.6) is 5.75 Å². The Bertz CT molecular complexity index is 785. The first kappa shape index (κ1) is 21.9. The highest BCUT2D eigenvalue weighted by Gasteiger charge is 2.55. The van der Waals surface area contributed by atoms with Gasteiger partial charge >= 0.3 is 6.03 Å². The van der Waals surface area contributed by atoms with Crippen LogP contribution in [0.15, 0.2) is 24.3 Å². The van der Waals surface area contributed by atoms with Crippen molar-refractivity contribution in [2.45, 2.75) is 44.3 Å². The SMILES string of the molecule is COc1ccc(CNC(=O)NC2CC3(C2)CC(C(=O)N2CCN(C)C(CO)C2)C3)cc1. The zero-order valence-electron chi connectivity index (χ0n) is 18.5. The molecule has 0 aromatic heterocycles. The van der Waals surface area contributed by atoms with E-state index in [0.717, 1.165) is 50.1 Å². The van der Waals surface area contributed by atoms with Crippen LogP contribution in [-0.4, -0.2) is 79.3 Å². The molecule has 1 aliphatic heterocycles. The number of carbonyl (C=O) groups excluding carboxylic acids is 2. The topological polar surface area (TPSA) is 94.1 Å². The first-order valence-electron chi connectivity index (χ1n) is 11.2. The molecule has 1 aromatic rings. The Balaban J connectivity index is 1.15. The molecule has 0 radical (unpaired) electrons. The molecule has 1 spiro atoms. The van der Waals surface area contributed by atoms with Crippen molar-refractivity contribution in [3.05, 3.63) is 29.8 Å². The summed E-state index contributed by atoms with van der Waals surface area (Å²) in [5.74, 6) is 1.14. The van der Waals surface area contributed by atoms with Gasteiger partial charge in [0.15, 0.2) is 0 Å². The average Bonchev–Trinajstić information content (AvgIpc) is 2.73. The van der Waals surface area contributed by atoms with Crippen molar-refractivity contribution in [3.8, 4) is 5.75 Å². The molecule has 0 bridgehead atoms. The third-order valence-electron chi connectivity index (χ3n) is 7.31. The molecule has 1 aromatic carbocycles. The number of amides is 3. The van der Waals surface area contributed by atoms with Gasteiger partial charge in [0.05, 0.1) is 19.8 Å². The van der Waals surface area contributed by atoms with Gasteiger partial charge in [-0.05, 0) is 55.8 Å². The molecular formula is C23H34N4O4. The fraction of sp³-hybridized carbons (Fsp3) is 0.652. The normalized spacial score (nSPS) is 30.3. The number of likely N-dealkylation sites (N-methyl/N-ethyl adjacent to an activating group) is 1. The first-order valence-corrected chi connectivity index (χ1v) is 11.2. The Morgan fingerprint density at radius 2 is 1.87 bits per heavy atom. The molecule has 1 unspecified atom stereocenters. The summed E-state index contributed by atoms with van der Waals surface area (Å²) in [6.45, 7) is 2.74. The summed E-state index contributed by atoms with van der Waals surface area (Å²) in [7, 11) is 3.63. The first-order chi connectivity index (χ1) is 14.9. The minimum absolute atomic E-state index is 0.0421. The number of methoxy groups -OCH3 is 1. The Morgan fingerprint density at radius 3 is 2.52 bits per heavy atom. The largest absolute Gasteiger partial charge is 0.497 e. The minimum atomic E-state index is -0.143. The number of nitrogens with zero attached hydrogens (tertiary/aromatic N) is 2. The molecule has 3 aliphatic rings. The minimum Gasteiger partial charge on any atom is -0.497 e. The van der Waals surface area contributed by atoms with Crippen molar-refractivity contribution >= 4 is 11.9 Å². The highest BCUT2D eigenvalue weighted by atomic mass is 16.5. The highest BCUT2D eigenvalue weighted by molar-refractivity contribution is 5.80. The van der Waals surface area contributed by atoms with Gasteiger partial charge in [-0.2, -0.15) is 0 Å². The molecule has 8 nitrogen and oxygen atoms in total. The molecule has 170 valence electrons. The zero-order valence-corrected chi connectivity index (χ0v) is 18.5. The number of aliphatic hydroxyl groups excluding tert-OH is 1. The van der Waals surface area contributed by atoms with E-state index in [4.69, 9.17) is 4.74 Å². The van der Waals surface area contributed by atoms with E-state index in [1.54, 1.807) is 7.11 Å². The third kappa shape index (κ3) is 4.80. The monoisotopic (exact) mass is 430 g/mol. The second-order valence-electron chi connectivity index (χ2n) is 9.49. The summed E-state index contributed by atoms with van der Waals surface area (Å²) in [5.41, 5.74) is 1.26. The molecule has 1 saturated heterocycles. The molecule has 4 rings (SSSR count). The van der Waals surface area contributed by atoms with Crippen LogP contribution >= 0.6 is 0 Å². The number of carbonyl (C=O) groups is 2. The van der Waals surface area contributed by atoms with E-state index in [-0.39, 0.29) is 42.0 Å². The van der Waals surface area contributed by atoms with Crippen molar-refractivity contribution < 1.29 is 19.4 Å². The van der Waals surface area contributed by atoms with Crippen LogP contribution < -0.4 is 15.4 Å². The van der Waals surface area contributed by atoms with Crippen LogP contribution in [0.4, 0.5) is 4.79 Å². The molecule has 31 heavy (non-hydrogen) atoms. The molecule has 3 fully saturated rings. The van der Waals surface area contributed by atoms with Crippen LogP contribution in [0.3, 0.4) is 0 Å². The summed E-state index contributed by atoms with van der Waals surface area (Å²) >= 11 is 0. The van der Waals surface area contributed by atoms with Gasteiger partial charge in [-0.3, -0.25) is 9.69 Å². The lowest BCUT2D eigenvalue weighted by Gasteiger charge is -2.58. The van der Waals surface area contributed by atoms with E-state index < -0.39 is 0 Å². The second kappa shape index (κ2) is 9.04. The predicted molar refractivity (Wildman–Crippen MR) is 117 cm³/mol. The van der Waals surface area contributed by atoms with Crippen LogP contribution in [0, 0.1) is 11.3 Å². The predicted octanol–water partition coefficient (Wildman–Crippen LogP) is 1.19. The molecule has 1 atom stereocenters. The molecule has 2 saturated carbocycles. The number of urea groups is 1. The Hall–Kier alpha value is -2.32. The number of benzene rings is 1. The number of ether oxygens (including phenoxy) is 1. The lowest BCUT2D eigenvalue weighted by Crippen LogP contribution is -2.61. The molecule has 3 amide bonds. The van der Waals surface area contributed by atoms with E-state index in [2.05, 4.69) is 15.5 Å². The summed E-state index contributed by atoms with van der Waals surface area (Å²) < 4.78 is 5.14. The number of hydrogen-bond donors (Lipinski definition) is 3. The maximum Gasteiger partial charge on any atom is 0.315 e. The standard InChI is InChI=1S/C23H34N4O4/c1-26-7-8-27(14-19(26)15-28)21(29)17-9-23(10-17)11-18(12-23)25-22(30)24-13-16-3-5-20(31-2)6-4-16/h3-6,17-19,28H,7-15H2,1-2H3,(H2,24,25,30). The zero-order chi connectivity index (χ0) is 22.0. The maximum atomic E-state index is 12.8. The molecule has 1 heterocycles. The third-order valence-corrected chi connectivity index (χ3v) is 7.31. The number of piperazine rings is 1. The highest BCUT2D eigenvalue weighted by Crippen LogP contribution is 2.59. The molecule has 3 N–H and O–H groups in total. The van der Waals surface area contributed by atoms with Crippen LogP contribution in [0.2, 0.25) is 0 Å². The maximum absolute atomic E-state index is 12.8. The second-order valence-corrected chi connectivity index (χ2v) is 9.49. The van der Waals surface area contributed by atoms with E-state index >= 15 is 0 Å². The van der Waals surface area contributed by atoms with Crippen LogP contribution in [0.25, 0.3) is 0 Å². The van der Waals surface area contributed by atoms with Crippen molar-refractivity contribution in [1.82, 2.24) is 20.4 Å². The lowest BCUT2D eigenvalue weighted by atomic mass is 9.50. The quantitative estimate of drug-likeness (QED) is 0.630. The van der Waals surface area contributed by atoms with Crippen molar-refractivity contribution in [2.24, 2.45) is 11.3 Å². The van der Waals surface area contributed by atoms with Gasteiger partial charge < -0.3 is 25.4 Å². The van der Waals surface area contributed by atoms with Crippen LogP contribution in [-0.2, 0) is 11.3 Å². The van der Waals surface area contributed by atoms with Crippen molar-refractivity contribution in [2.75, 3.05) is 40.4 Å². The summed E-state index contributed by atoms with van der Waals surface area (Å²) in [5, 5.41) is 15.5. The summed E-state index contributed by atoms with van der Waals surface area (Å²) in [4.78, 5) is 29.1. The number of rotatable bonds is 6. The lowest BCUT2D eigenvalue weighted by molar-refractivity contribution is -0.152. The fourth-order valence-corrected chi connectivity index (χ4v) is 5.34. The number of nitrogens with one attached hydrogen (secondary N) is 2. The van der Waals surface area contributed by atoms with E-state index in [1.165, 1.54) is 0 Å². The van der Waals surface area contributed by atoms with Gasteiger partial charge in [0.2, 0.25) is 5.91 Å². The van der Waals surface area contributed by atoms with Gasteiger partial charge in [-0.1, -0.05) is 12.1 Å². The smallest absolute Gasteiger partial charge is 0.315 e. The van der Waals surface area contributed by atoms with Gasteiger partial charge in [-0.15, -0.1) is 0 Å². The van der Waals surface area contributed by atoms with E-state index in [0.29, 0.717) is 13.1 Å². The molecule has 8 heteroatoms. The number of aliphatic hydroxyl groups is 1. The van der Waals surface area contributed by atoms with E-state index in [9.17, 15) is 14.7 Å². The molecule has 2 aliphatic carbocycles. The Labute approximate surface area is 183 Å². The Kier molecular flexibility index (Phi) is 6.39. The summed E-state index contributed by atoms with van der Waals surface area (Å²) in [6.07, 6.45) is 3.75. The van der Waals surface area contributed by atoms with Gasteiger partial charge in [-0.25, -0.2) is 4.79 Å². The van der Waals surface area contributed by atoms with Gasteiger partial charge in [0.25, 0.3) is 0 Å². The van der Waals surface area contributed by atoms with Gasteiger partial charge in [0.1, 0.15) is 5.75 Å². The van der Waals surface area contributed by atoms with Gasteiger partial charge in [0, 0.05) is 38.1 Å². The summed E-state index contributed by atoms with van der Waals surface area (Å²) in [6, 6.07) is 7.72. The molecular weight excluding hydrogens is 396 g/mol. The van der Waals surface area contributed by atoms with E-state index in [1.807, 2.05) is 36.2 Å². The number of hydrogen-bond acceptors (Lipinski definition) is 5. The van der Waals surface area contributed by atoms with Crippen LogP contribution in [0.1, 0.15) is 31.2 Å². The Morgan fingerprint density at radius 1 is 1.16 bits per heavy atom. The fourth-order valence-electron chi connectivity index (χ4n) is 5.34.